The molecule has 3 nitrogen and oxygen atoms in total. The van der Waals surface area contributed by atoms with E-state index in [0.717, 1.165) is 25.7 Å². The average Bonchev–Trinajstić information content (AvgIpc) is 2.17. The van der Waals surface area contributed by atoms with Gasteiger partial charge in [0.15, 0.2) is 0 Å². The Balaban J connectivity index is 3.71. The summed E-state index contributed by atoms with van der Waals surface area (Å²) in [5, 5.41) is 0. The number of Topliss-reactive ketones (excluding diaryl/α,β-unsaturated/α-hetero) is 1. The van der Waals surface area contributed by atoms with Gasteiger partial charge in [-0.2, -0.15) is 0 Å². The Hall–Kier alpha value is -0.860. The molecule has 0 aromatic carbocycles. The standard InChI is InChI=1S/C11H20O3/c1-4-6-7-10(5-2)8-14-11(13)9(3)12/h10H,4-8H2,1-3H3. The van der Waals surface area contributed by atoms with E-state index in [2.05, 4.69) is 13.8 Å². The van der Waals surface area contributed by atoms with Gasteiger partial charge in [0, 0.05) is 6.92 Å². The summed E-state index contributed by atoms with van der Waals surface area (Å²) in [7, 11) is 0. The molecule has 0 radical (unpaired) electrons. The Labute approximate surface area is 85.8 Å². The molecule has 0 saturated heterocycles. The molecule has 0 bridgehead atoms. The minimum Gasteiger partial charge on any atom is -0.460 e. The van der Waals surface area contributed by atoms with Crippen LogP contribution in [-0.2, 0) is 14.3 Å². The predicted molar refractivity (Wildman–Crippen MR) is 54.9 cm³/mol. The summed E-state index contributed by atoms with van der Waals surface area (Å²) in [4.78, 5) is 21.4. The van der Waals surface area contributed by atoms with Gasteiger partial charge in [-0.3, -0.25) is 4.79 Å². The lowest BCUT2D eigenvalue weighted by atomic mass is 10.0. The highest BCUT2D eigenvalue weighted by Crippen LogP contribution is 2.12. The van der Waals surface area contributed by atoms with E-state index in [9.17, 15) is 9.59 Å². The van der Waals surface area contributed by atoms with Crippen molar-refractivity contribution < 1.29 is 14.3 Å². The van der Waals surface area contributed by atoms with Crippen LogP contribution in [0.4, 0.5) is 0 Å². The maximum absolute atomic E-state index is 10.9. The second-order valence-corrected chi connectivity index (χ2v) is 3.57. The largest absolute Gasteiger partial charge is 0.460 e. The van der Waals surface area contributed by atoms with Crippen molar-refractivity contribution in [2.75, 3.05) is 6.61 Å². The number of ether oxygens (including phenoxy) is 1. The molecule has 0 heterocycles. The normalized spacial score (nSPS) is 12.2. The zero-order valence-corrected chi connectivity index (χ0v) is 9.34. The fourth-order valence-electron chi connectivity index (χ4n) is 1.19. The van der Waals surface area contributed by atoms with Gasteiger partial charge in [-0.05, 0) is 12.3 Å². The Morgan fingerprint density at radius 2 is 1.93 bits per heavy atom. The van der Waals surface area contributed by atoms with Crippen molar-refractivity contribution >= 4 is 11.8 Å². The lowest BCUT2D eigenvalue weighted by Gasteiger charge is -2.13. The molecular weight excluding hydrogens is 180 g/mol. The summed E-state index contributed by atoms with van der Waals surface area (Å²) >= 11 is 0. The third-order valence-corrected chi connectivity index (χ3v) is 2.28. The number of carbonyl (C=O) groups is 2. The van der Waals surface area contributed by atoms with Crippen molar-refractivity contribution in [2.24, 2.45) is 5.92 Å². The molecule has 0 aromatic rings. The molecule has 14 heavy (non-hydrogen) atoms. The van der Waals surface area contributed by atoms with Crippen molar-refractivity contribution in [3.63, 3.8) is 0 Å². The van der Waals surface area contributed by atoms with E-state index in [1.165, 1.54) is 6.92 Å². The highest BCUT2D eigenvalue weighted by molar-refractivity contribution is 6.32. The quantitative estimate of drug-likeness (QED) is 0.468. The van der Waals surface area contributed by atoms with Gasteiger partial charge < -0.3 is 4.74 Å². The molecule has 0 aliphatic rings. The zero-order chi connectivity index (χ0) is 11.0. The average molecular weight is 200 g/mol. The van der Waals surface area contributed by atoms with Crippen LogP contribution in [0.1, 0.15) is 46.5 Å². The van der Waals surface area contributed by atoms with Gasteiger partial charge in [-0.15, -0.1) is 0 Å². The van der Waals surface area contributed by atoms with Crippen molar-refractivity contribution in [2.45, 2.75) is 46.5 Å². The summed E-state index contributed by atoms with van der Waals surface area (Å²) in [6, 6.07) is 0. The molecule has 1 unspecified atom stereocenters. The molecule has 1 atom stereocenters. The maximum Gasteiger partial charge on any atom is 0.374 e. The van der Waals surface area contributed by atoms with E-state index in [1.807, 2.05) is 0 Å². The summed E-state index contributed by atoms with van der Waals surface area (Å²) in [5.41, 5.74) is 0. The molecule has 0 N–H and O–H groups in total. The summed E-state index contributed by atoms with van der Waals surface area (Å²) in [6.07, 6.45) is 4.36. The molecule has 0 aliphatic carbocycles. The highest BCUT2D eigenvalue weighted by Gasteiger charge is 2.12. The molecule has 0 saturated carbocycles. The van der Waals surface area contributed by atoms with Gasteiger partial charge in [0.05, 0.1) is 6.61 Å². The molecule has 0 amide bonds. The first-order chi connectivity index (χ1) is 6.61. The Kier molecular flexibility index (Phi) is 7.07. The molecule has 0 rings (SSSR count). The van der Waals surface area contributed by atoms with Crippen LogP contribution in [0.5, 0.6) is 0 Å². The van der Waals surface area contributed by atoms with Gasteiger partial charge in [0.25, 0.3) is 0 Å². The van der Waals surface area contributed by atoms with Crippen LogP contribution >= 0.6 is 0 Å². The van der Waals surface area contributed by atoms with Crippen molar-refractivity contribution in [3.8, 4) is 0 Å². The minimum absolute atomic E-state index is 0.384. The van der Waals surface area contributed by atoms with Crippen LogP contribution in [0.2, 0.25) is 0 Å². The molecule has 0 aromatic heterocycles. The third-order valence-electron chi connectivity index (χ3n) is 2.28. The molecular formula is C11H20O3. The van der Waals surface area contributed by atoms with Crippen molar-refractivity contribution in [3.05, 3.63) is 0 Å². The number of carbonyl (C=O) groups excluding carboxylic acids is 2. The van der Waals surface area contributed by atoms with Gasteiger partial charge in [0.2, 0.25) is 5.78 Å². The Bertz CT molecular complexity index is 187. The van der Waals surface area contributed by atoms with Crippen LogP contribution in [-0.4, -0.2) is 18.4 Å². The van der Waals surface area contributed by atoms with Gasteiger partial charge in [0.1, 0.15) is 0 Å². The topological polar surface area (TPSA) is 43.4 Å². The second kappa shape index (κ2) is 7.54. The molecule has 0 aliphatic heterocycles. The fraction of sp³-hybridized carbons (Fsp3) is 0.818. The van der Waals surface area contributed by atoms with E-state index in [1.54, 1.807) is 0 Å². The number of ketones is 1. The molecule has 82 valence electrons. The number of esters is 1. The van der Waals surface area contributed by atoms with Gasteiger partial charge in [-0.25, -0.2) is 4.79 Å². The number of hydrogen-bond donors (Lipinski definition) is 0. The number of rotatable bonds is 7. The maximum atomic E-state index is 10.9. The first-order valence-corrected chi connectivity index (χ1v) is 5.29. The summed E-state index contributed by atoms with van der Waals surface area (Å²) < 4.78 is 4.87. The first kappa shape index (κ1) is 13.1. The smallest absolute Gasteiger partial charge is 0.374 e. The van der Waals surface area contributed by atoms with Crippen LogP contribution in [0.15, 0.2) is 0 Å². The van der Waals surface area contributed by atoms with E-state index >= 15 is 0 Å². The summed E-state index contributed by atoms with van der Waals surface area (Å²) in [5.74, 6) is -0.825. The number of unbranched alkanes of at least 4 members (excludes halogenated alkanes) is 1. The van der Waals surface area contributed by atoms with Gasteiger partial charge >= 0.3 is 5.97 Å². The Morgan fingerprint density at radius 3 is 2.36 bits per heavy atom. The van der Waals surface area contributed by atoms with Crippen LogP contribution < -0.4 is 0 Å². The van der Waals surface area contributed by atoms with E-state index < -0.39 is 11.8 Å². The van der Waals surface area contributed by atoms with Gasteiger partial charge in [-0.1, -0.05) is 33.1 Å². The fourth-order valence-corrected chi connectivity index (χ4v) is 1.19. The predicted octanol–water partition coefficient (Wildman–Crippen LogP) is 2.33. The van der Waals surface area contributed by atoms with Crippen molar-refractivity contribution in [1.82, 2.24) is 0 Å². The van der Waals surface area contributed by atoms with E-state index in [4.69, 9.17) is 4.74 Å². The second-order valence-electron chi connectivity index (χ2n) is 3.57. The van der Waals surface area contributed by atoms with Crippen molar-refractivity contribution in [1.29, 1.82) is 0 Å². The van der Waals surface area contributed by atoms with E-state index in [-0.39, 0.29) is 0 Å². The third kappa shape index (κ3) is 5.73. The highest BCUT2D eigenvalue weighted by atomic mass is 16.5. The lowest BCUT2D eigenvalue weighted by molar-refractivity contribution is -0.154. The summed E-state index contributed by atoms with van der Waals surface area (Å²) in [6.45, 7) is 5.82. The lowest BCUT2D eigenvalue weighted by Crippen LogP contribution is -2.18. The SMILES string of the molecule is CCCCC(CC)COC(=O)C(C)=O. The van der Waals surface area contributed by atoms with Crippen LogP contribution in [0.25, 0.3) is 0 Å². The monoisotopic (exact) mass is 200 g/mol. The first-order valence-electron chi connectivity index (χ1n) is 5.29. The van der Waals surface area contributed by atoms with Crippen LogP contribution in [0.3, 0.4) is 0 Å². The van der Waals surface area contributed by atoms with Crippen LogP contribution in [0, 0.1) is 5.92 Å². The minimum atomic E-state index is -0.708. The molecule has 3 heteroatoms. The zero-order valence-electron chi connectivity index (χ0n) is 9.34. The Morgan fingerprint density at radius 1 is 1.29 bits per heavy atom. The molecule has 0 fully saturated rings. The van der Waals surface area contributed by atoms with E-state index in [0.29, 0.717) is 12.5 Å². The molecule has 0 spiro atoms. The number of hydrogen-bond acceptors (Lipinski definition) is 3.